The van der Waals surface area contributed by atoms with E-state index in [0.717, 1.165) is 0 Å². The minimum Gasteiger partial charge on any atom is -0.349 e. The van der Waals surface area contributed by atoms with Gasteiger partial charge in [0, 0.05) is 6.04 Å². The van der Waals surface area contributed by atoms with Crippen molar-refractivity contribution in [2.24, 2.45) is 5.92 Å². The molecule has 1 aliphatic rings. The Hall–Kier alpha value is -1.38. The third kappa shape index (κ3) is 3.09. The van der Waals surface area contributed by atoms with Crippen molar-refractivity contribution in [3.8, 4) is 0 Å². The maximum Gasteiger partial charge on any atom is 0.254 e. The van der Waals surface area contributed by atoms with Crippen LogP contribution in [-0.2, 0) is 0 Å². The summed E-state index contributed by atoms with van der Waals surface area (Å²) in [5.41, 5.74) is 0.139. The van der Waals surface area contributed by atoms with Crippen molar-refractivity contribution in [3.63, 3.8) is 0 Å². The lowest BCUT2D eigenvalue weighted by Gasteiger charge is -2.28. The lowest BCUT2D eigenvalue weighted by molar-refractivity contribution is 0.0915. The van der Waals surface area contributed by atoms with Gasteiger partial charge in [-0.15, -0.1) is 0 Å². The highest BCUT2D eigenvalue weighted by molar-refractivity contribution is 5.94. The number of amides is 1. The lowest BCUT2D eigenvalue weighted by atomic mass is 9.84. The highest BCUT2D eigenvalue weighted by atomic mass is 19.1. The van der Waals surface area contributed by atoms with E-state index in [2.05, 4.69) is 5.32 Å². The number of hydrogen-bond donors (Lipinski definition) is 1. The fourth-order valence-electron chi connectivity index (χ4n) is 2.68. The highest BCUT2D eigenvalue weighted by Crippen LogP contribution is 2.26. The fourth-order valence-corrected chi connectivity index (χ4v) is 2.68. The summed E-state index contributed by atoms with van der Waals surface area (Å²) in [5.74, 6) is -0.216. The molecule has 0 heterocycles. The van der Waals surface area contributed by atoms with Gasteiger partial charge in [-0.05, 0) is 37.8 Å². The topological polar surface area (TPSA) is 29.1 Å². The molecule has 1 fully saturated rings. The second-order valence-corrected chi connectivity index (χ2v) is 5.14. The first-order valence-electron chi connectivity index (χ1n) is 6.74. The van der Waals surface area contributed by atoms with Crippen molar-refractivity contribution in [2.45, 2.75) is 45.1 Å². The molecule has 1 atom stereocenters. The van der Waals surface area contributed by atoms with Gasteiger partial charge in [-0.25, -0.2) is 4.39 Å². The molecular formula is C15H20FNO. The van der Waals surface area contributed by atoms with E-state index >= 15 is 0 Å². The molecule has 0 aliphatic heterocycles. The van der Waals surface area contributed by atoms with E-state index in [-0.39, 0.29) is 17.5 Å². The zero-order chi connectivity index (χ0) is 13.0. The summed E-state index contributed by atoms with van der Waals surface area (Å²) in [7, 11) is 0. The summed E-state index contributed by atoms with van der Waals surface area (Å²) in [6.07, 6.45) is 6.11. The predicted octanol–water partition coefficient (Wildman–Crippen LogP) is 3.52. The van der Waals surface area contributed by atoms with Crippen molar-refractivity contribution in [3.05, 3.63) is 35.6 Å². The number of hydrogen-bond acceptors (Lipinski definition) is 1. The average molecular weight is 249 g/mol. The van der Waals surface area contributed by atoms with Crippen molar-refractivity contribution in [1.29, 1.82) is 0 Å². The van der Waals surface area contributed by atoms with E-state index in [9.17, 15) is 9.18 Å². The number of halogens is 1. The Morgan fingerprint density at radius 2 is 1.94 bits per heavy atom. The molecule has 2 nitrogen and oxygen atoms in total. The van der Waals surface area contributed by atoms with Crippen LogP contribution in [0.2, 0.25) is 0 Å². The molecule has 1 N–H and O–H groups in total. The Morgan fingerprint density at radius 1 is 1.28 bits per heavy atom. The first kappa shape index (κ1) is 13.1. The Balaban J connectivity index is 1.96. The minimum absolute atomic E-state index is 0.123. The van der Waals surface area contributed by atoms with Gasteiger partial charge < -0.3 is 5.32 Å². The van der Waals surface area contributed by atoms with Gasteiger partial charge in [0.25, 0.3) is 5.91 Å². The summed E-state index contributed by atoms with van der Waals surface area (Å²) in [5, 5.41) is 2.93. The molecule has 0 bridgehead atoms. The molecule has 0 aromatic heterocycles. The zero-order valence-electron chi connectivity index (χ0n) is 10.8. The maximum atomic E-state index is 13.5. The summed E-state index contributed by atoms with van der Waals surface area (Å²) in [4.78, 5) is 12.0. The van der Waals surface area contributed by atoms with Gasteiger partial charge in [0.2, 0.25) is 0 Å². The van der Waals surface area contributed by atoms with Gasteiger partial charge in [-0.2, -0.15) is 0 Å². The molecule has 2 rings (SSSR count). The van der Waals surface area contributed by atoms with Crippen LogP contribution in [0, 0.1) is 11.7 Å². The number of rotatable bonds is 3. The Labute approximate surface area is 108 Å². The average Bonchev–Trinajstić information content (AvgIpc) is 2.40. The Kier molecular flexibility index (Phi) is 4.34. The monoisotopic (exact) mass is 249 g/mol. The van der Waals surface area contributed by atoms with Crippen LogP contribution in [0.25, 0.3) is 0 Å². The third-order valence-corrected chi connectivity index (χ3v) is 3.83. The first-order chi connectivity index (χ1) is 8.68. The maximum absolute atomic E-state index is 13.5. The molecule has 1 aliphatic carbocycles. The van der Waals surface area contributed by atoms with Gasteiger partial charge in [0.1, 0.15) is 5.82 Å². The zero-order valence-corrected chi connectivity index (χ0v) is 10.8. The molecule has 0 saturated heterocycles. The van der Waals surface area contributed by atoms with Gasteiger partial charge >= 0.3 is 0 Å². The summed E-state index contributed by atoms with van der Waals surface area (Å²) in [6.45, 7) is 2.02. The number of carbonyl (C=O) groups is 1. The van der Waals surface area contributed by atoms with Crippen LogP contribution >= 0.6 is 0 Å². The molecule has 3 heteroatoms. The second-order valence-electron chi connectivity index (χ2n) is 5.14. The van der Waals surface area contributed by atoms with Crippen LogP contribution in [0.3, 0.4) is 0 Å². The summed E-state index contributed by atoms with van der Waals surface area (Å²) >= 11 is 0. The van der Waals surface area contributed by atoms with E-state index < -0.39 is 5.82 Å². The smallest absolute Gasteiger partial charge is 0.254 e. The van der Waals surface area contributed by atoms with Crippen LogP contribution in [-0.4, -0.2) is 11.9 Å². The van der Waals surface area contributed by atoms with Crippen molar-refractivity contribution < 1.29 is 9.18 Å². The van der Waals surface area contributed by atoms with Crippen molar-refractivity contribution >= 4 is 5.91 Å². The molecule has 1 aromatic rings. The predicted molar refractivity (Wildman–Crippen MR) is 69.9 cm³/mol. The van der Waals surface area contributed by atoms with Gasteiger partial charge in [-0.3, -0.25) is 4.79 Å². The summed E-state index contributed by atoms with van der Waals surface area (Å²) in [6, 6.07) is 6.25. The molecule has 1 aromatic carbocycles. The molecule has 98 valence electrons. The second kappa shape index (κ2) is 5.98. The summed E-state index contributed by atoms with van der Waals surface area (Å²) < 4.78 is 13.5. The van der Waals surface area contributed by atoms with Crippen LogP contribution in [0.5, 0.6) is 0 Å². The molecule has 1 saturated carbocycles. The SMILES string of the molecule is CC(NC(=O)c1ccccc1F)C1CCCCC1. The Morgan fingerprint density at radius 3 is 2.61 bits per heavy atom. The van der Waals surface area contributed by atoms with Crippen LogP contribution in [0.1, 0.15) is 49.4 Å². The van der Waals surface area contributed by atoms with Gasteiger partial charge in [0.15, 0.2) is 0 Å². The molecule has 1 amide bonds. The normalized spacial score (nSPS) is 18.3. The van der Waals surface area contributed by atoms with Gasteiger partial charge in [0.05, 0.1) is 5.56 Å². The van der Waals surface area contributed by atoms with Crippen LogP contribution in [0.15, 0.2) is 24.3 Å². The highest BCUT2D eigenvalue weighted by Gasteiger charge is 2.22. The van der Waals surface area contributed by atoms with E-state index in [1.807, 2.05) is 6.92 Å². The molecule has 18 heavy (non-hydrogen) atoms. The Bertz CT molecular complexity index is 413. The third-order valence-electron chi connectivity index (χ3n) is 3.83. The first-order valence-corrected chi connectivity index (χ1v) is 6.74. The number of nitrogens with one attached hydrogen (secondary N) is 1. The van der Waals surface area contributed by atoms with Crippen molar-refractivity contribution in [1.82, 2.24) is 5.32 Å². The van der Waals surface area contributed by atoms with Crippen LogP contribution in [0.4, 0.5) is 4.39 Å². The minimum atomic E-state index is -0.453. The number of benzene rings is 1. The molecule has 1 unspecified atom stereocenters. The molecule has 0 spiro atoms. The fraction of sp³-hybridized carbons (Fsp3) is 0.533. The van der Waals surface area contributed by atoms with E-state index in [0.29, 0.717) is 5.92 Å². The molecular weight excluding hydrogens is 229 g/mol. The van der Waals surface area contributed by atoms with Gasteiger partial charge in [-0.1, -0.05) is 31.4 Å². The van der Waals surface area contributed by atoms with E-state index in [4.69, 9.17) is 0 Å². The van der Waals surface area contributed by atoms with Crippen molar-refractivity contribution in [2.75, 3.05) is 0 Å². The van der Waals surface area contributed by atoms with E-state index in [1.54, 1.807) is 12.1 Å². The molecule has 0 radical (unpaired) electrons. The number of carbonyl (C=O) groups excluding carboxylic acids is 1. The van der Waals surface area contributed by atoms with E-state index in [1.165, 1.54) is 44.2 Å². The van der Waals surface area contributed by atoms with Crippen LogP contribution < -0.4 is 5.32 Å². The largest absolute Gasteiger partial charge is 0.349 e. The quantitative estimate of drug-likeness (QED) is 0.872. The standard InChI is InChI=1S/C15H20FNO/c1-11(12-7-3-2-4-8-12)17-15(18)13-9-5-6-10-14(13)16/h5-6,9-12H,2-4,7-8H2,1H3,(H,17,18). The lowest BCUT2D eigenvalue weighted by Crippen LogP contribution is -2.39.